The molecule has 0 aliphatic heterocycles. The maximum Gasteiger partial charge on any atom is 0.0713 e. The number of methoxy groups -OCH3 is 1. The minimum absolute atomic E-state index is 0.665. The Kier molecular flexibility index (Phi) is 4.88. The zero-order chi connectivity index (χ0) is 12.6. The van der Waals surface area contributed by atoms with Gasteiger partial charge in [0.15, 0.2) is 0 Å². The molecule has 94 valence electrons. The summed E-state index contributed by atoms with van der Waals surface area (Å²) in [4.78, 5) is 4.00. The first-order chi connectivity index (χ1) is 8.88. The largest absolute Gasteiger partial charge is 0.380 e. The predicted octanol–water partition coefficient (Wildman–Crippen LogP) is 2.52. The van der Waals surface area contributed by atoms with Crippen molar-refractivity contribution in [2.24, 2.45) is 0 Å². The van der Waals surface area contributed by atoms with Crippen molar-refractivity contribution < 1.29 is 4.74 Å². The van der Waals surface area contributed by atoms with E-state index < -0.39 is 0 Å². The van der Waals surface area contributed by atoms with Crippen molar-refractivity contribution in [1.82, 2.24) is 10.3 Å². The highest BCUT2D eigenvalue weighted by atomic mass is 16.5. The molecule has 1 N–H and O–H groups in total. The maximum absolute atomic E-state index is 5.13. The van der Waals surface area contributed by atoms with Crippen LogP contribution in [0.15, 0.2) is 48.8 Å². The summed E-state index contributed by atoms with van der Waals surface area (Å²) in [6.45, 7) is 2.38. The molecule has 0 atom stereocenters. The van der Waals surface area contributed by atoms with Crippen LogP contribution in [-0.2, 0) is 24.4 Å². The van der Waals surface area contributed by atoms with E-state index in [1.807, 2.05) is 24.5 Å². The van der Waals surface area contributed by atoms with Gasteiger partial charge in [-0.1, -0.05) is 24.3 Å². The quantitative estimate of drug-likeness (QED) is 0.845. The highest BCUT2D eigenvalue weighted by Gasteiger charge is 1.96. The zero-order valence-electron chi connectivity index (χ0n) is 10.6. The summed E-state index contributed by atoms with van der Waals surface area (Å²) >= 11 is 0. The molecule has 1 aromatic carbocycles. The third-order valence-corrected chi connectivity index (χ3v) is 2.71. The number of aromatic nitrogens is 1. The lowest BCUT2D eigenvalue weighted by Crippen LogP contribution is -2.12. The number of nitrogens with zero attached hydrogens (tertiary/aromatic N) is 1. The van der Waals surface area contributed by atoms with Crippen LogP contribution < -0.4 is 5.32 Å². The second-order valence-electron chi connectivity index (χ2n) is 4.21. The van der Waals surface area contributed by atoms with Crippen LogP contribution >= 0.6 is 0 Å². The smallest absolute Gasteiger partial charge is 0.0713 e. The Morgan fingerprint density at radius 1 is 1.00 bits per heavy atom. The molecule has 0 radical (unpaired) electrons. The van der Waals surface area contributed by atoms with E-state index in [2.05, 4.69) is 34.6 Å². The topological polar surface area (TPSA) is 34.1 Å². The number of ether oxygens (including phenoxy) is 1. The number of pyridine rings is 1. The summed E-state index contributed by atoms with van der Waals surface area (Å²) in [5.74, 6) is 0. The minimum Gasteiger partial charge on any atom is -0.380 e. The third kappa shape index (κ3) is 3.95. The van der Waals surface area contributed by atoms with Crippen LogP contribution in [0.3, 0.4) is 0 Å². The van der Waals surface area contributed by atoms with E-state index >= 15 is 0 Å². The van der Waals surface area contributed by atoms with Gasteiger partial charge < -0.3 is 10.1 Å². The van der Waals surface area contributed by atoms with Gasteiger partial charge in [-0.05, 0) is 28.8 Å². The molecule has 0 amide bonds. The van der Waals surface area contributed by atoms with Gasteiger partial charge in [0, 0.05) is 32.6 Å². The average molecular weight is 242 g/mol. The molecule has 0 aliphatic rings. The minimum atomic E-state index is 0.665. The summed E-state index contributed by atoms with van der Waals surface area (Å²) in [6, 6.07) is 12.5. The standard InChI is InChI=1S/C15H18N2O/c1-18-12-15-4-2-3-14(9-15)11-17-10-13-5-7-16-8-6-13/h2-9,17H,10-12H2,1H3. The Balaban J connectivity index is 1.84. The molecule has 0 saturated heterocycles. The van der Waals surface area contributed by atoms with Crippen LogP contribution in [0.2, 0.25) is 0 Å². The van der Waals surface area contributed by atoms with Crippen molar-refractivity contribution in [2.45, 2.75) is 19.7 Å². The van der Waals surface area contributed by atoms with Crippen LogP contribution in [0.5, 0.6) is 0 Å². The molecule has 0 unspecified atom stereocenters. The fourth-order valence-electron chi connectivity index (χ4n) is 1.85. The number of benzene rings is 1. The van der Waals surface area contributed by atoms with E-state index in [0.717, 1.165) is 13.1 Å². The molecule has 2 aromatic rings. The van der Waals surface area contributed by atoms with Crippen molar-refractivity contribution in [2.75, 3.05) is 7.11 Å². The Bertz CT molecular complexity index is 471. The molecule has 3 heteroatoms. The van der Waals surface area contributed by atoms with Crippen LogP contribution in [0.1, 0.15) is 16.7 Å². The Hall–Kier alpha value is -1.71. The Labute approximate surface area is 108 Å². The van der Waals surface area contributed by atoms with Gasteiger partial charge in [-0.25, -0.2) is 0 Å². The molecule has 1 aromatic heterocycles. The fourth-order valence-corrected chi connectivity index (χ4v) is 1.85. The summed E-state index contributed by atoms with van der Waals surface area (Å²) in [5, 5.41) is 3.42. The van der Waals surface area contributed by atoms with E-state index in [9.17, 15) is 0 Å². The zero-order valence-corrected chi connectivity index (χ0v) is 10.6. The fraction of sp³-hybridized carbons (Fsp3) is 0.267. The predicted molar refractivity (Wildman–Crippen MR) is 71.9 cm³/mol. The van der Waals surface area contributed by atoms with E-state index in [-0.39, 0.29) is 0 Å². The third-order valence-electron chi connectivity index (χ3n) is 2.71. The first kappa shape index (κ1) is 12.7. The van der Waals surface area contributed by atoms with Crippen molar-refractivity contribution >= 4 is 0 Å². The van der Waals surface area contributed by atoms with Crippen LogP contribution in [-0.4, -0.2) is 12.1 Å². The summed E-state index contributed by atoms with van der Waals surface area (Å²) in [5.41, 5.74) is 3.73. The Morgan fingerprint density at radius 2 is 1.72 bits per heavy atom. The van der Waals surface area contributed by atoms with Crippen molar-refractivity contribution in [3.8, 4) is 0 Å². The van der Waals surface area contributed by atoms with E-state index in [0.29, 0.717) is 6.61 Å². The number of hydrogen-bond acceptors (Lipinski definition) is 3. The monoisotopic (exact) mass is 242 g/mol. The average Bonchev–Trinajstić information content (AvgIpc) is 2.41. The van der Waals surface area contributed by atoms with Crippen molar-refractivity contribution in [3.05, 3.63) is 65.5 Å². The normalized spacial score (nSPS) is 10.5. The molecule has 18 heavy (non-hydrogen) atoms. The van der Waals surface area contributed by atoms with Gasteiger partial charge in [0.25, 0.3) is 0 Å². The first-order valence-electron chi connectivity index (χ1n) is 6.05. The van der Waals surface area contributed by atoms with Crippen LogP contribution in [0.25, 0.3) is 0 Å². The van der Waals surface area contributed by atoms with Gasteiger partial charge in [0.1, 0.15) is 0 Å². The lowest BCUT2D eigenvalue weighted by Gasteiger charge is -2.07. The number of nitrogens with one attached hydrogen (secondary N) is 1. The molecule has 1 heterocycles. The van der Waals surface area contributed by atoms with Gasteiger partial charge in [-0.3, -0.25) is 4.98 Å². The molecule has 2 rings (SSSR count). The highest BCUT2D eigenvalue weighted by molar-refractivity contribution is 5.23. The molecular formula is C15H18N2O. The second-order valence-corrected chi connectivity index (χ2v) is 4.21. The van der Waals surface area contributed by atoms with Gasteiger partial charge >= 0.3 is 0 Å². The molecule has 0 fully saturated rings. The van der Waals surface area contributed by atoms with Crippen molar-refractivity contribution in [3.63, 3.8) is 0 Å². The van der Waals surface area contributed by atoms with Gasteiger partial charge in [-0.15, -0.1) is 0 Å². The maximum atomic E-state index is 5.13. The lowest BCUT2D eigenvalue weighted by atomic mass is 10.1. The van der Waals surface area contributed by atoms with E-state index in [1.54, 1.807) is 7.11 Å². The lowest BCUT2D eigenvalue weighted by molar-refractivity contribution is 0.185. The molecule has 0 aliphatic carbocycles. The molecule has 0 saturated carbocycles. The second kappa shape index (κ2) is 6.89. The van der Waals surface area contributed by atoms with Crippen LogP contribution in [0, 0.1) is 0 Å². The summed E-state index contributed by atoms with van der Waals surface area (Å²) in [6.07, 6.45) is 3.63. The van der Waals surface area contributed by atoms with E-state index in [1.165, 1.54) is 16.7 Å². The van der Waals surface area contributed by atoms with E-state index in [4.69, 9.17) is 4.74 Å². The Morgan fingerprint density at radius 3 is 2.50 bits per heavy atom. The first-order valence-corrected chi connectivity index (χ1v) is 6.05. The van der Waals surface area contributed by atoms with Gasteiger partial charge in [0.05, 0.1) is 6.61 Å². The van der Waals surface area contributed by atoms with Crippen LogP contribution in [0.4, 0.5) is 0 Å². The van der Waals surface area contributed by atoms with Crippen molar-refractivity contribution in [1.29, 1.82) is 0 Å². The molecular weight excluding hydrogens is 224 g/mol. The SMILES string of the molecule is COCc1cccc(CNCc2ccncc2)c1. The summed E-state index contributed by atoms with van der Waals surface area (Å²) in [7, 11) is 1.72. The van der Waals surface area contributed by atoms with Gasteiger partial charge in [0.2, 0.25) is 0 Å². The highest BCUT2D eigenvalue weighted by Crippen LogP contribution is 2.06. The molecule has 3 nitrogen and oxygen atoms in total. The summed E-state index contributed by atoms with van der Waals surface area (Å²) < 4.78 is 5.13. The number of rotatable bonds is 6. The number of hydrogen-bond donors (Lipinski definition) is 1. The molecule has 0 spiro atoms. The van der Waals surface area contributed by atoms with Gasteiger partial charge in [-0.2, -0.15) is 0 Å². The molecule has 0 bridgehead atoms.